The molecule has 0 amide bonds. The summed E-state index contributed by atoms with van der Waals surface area (Å²) in [5.74, 6) is 0.734. The summed E-state index contributed by atoms with van der Waals surface area (Å²) < 4.78 is 0. The highest BCUT2D eigenvalue weighted by Crippen LogP contribution is 2.33. The second-order valence-electron chi connectivity index (χ2n) is 3.55. The highest BCUT2D eigenvalue weighted by Gasteiger charge is 2.32. The summed E-state index contributed by atoms with van der Waals surface area (Å²) in [7, 11) is 0. The predicted molar refractivity (Wildman–Crippen MR) is 40.9 cm³/mol. The van der Waals surface area contributed by atoms with Crippen LogP contribution < -0.4 is 0 Å². The largest absolute Gasteiger partial charge is 0.294 e. The van der Waals surface area contributed by atoms with Crippen molar-refractivity contribution in [1.82, 2.24) is 0 Å². The Morgan fingerprint density at radius 2 is 2.11 bits per heavy atom. The average Bonchev–Trinajstić information content (AvgIpc) is 1.96. The normalized spacial score (nSPS) is 32.4. The maximum Gasteiger partial charge on any atom is 0.0423 e. The highest BCUT2D eigenvalue weighted by molar-refractivity contribution is 5.89. The SMILES string of the molecule is CC1=NCC(C)C1(C)C. The Morgan fingerprint density at radius 1 is 1.56 bits per heavy atom. The Labute approximate surface area is 57.2 Å². The van der Waals surface area contributed by atoms with E-state index < -0.39 is 0 Å². The lowest BCUT2D eigenvalue weighted by molar-refractivity contribution is 0.374. The number of hydrogen-bond donors (Lipinski definition) is 0. The molecule has 1 rings (SSSR count). The minimum absolute atomic E-state index is 0.361. The Balaban J connectivity index is 2.81. The van der Waals surface area contributed by atoms with Gasteiger partial charge in [-0.15, -0.1) is 0 Å². The maximum atomic E-state index is 4.39. The molecule has 0 radical (unpaired) electrons. The van der Waals surface area contributed by atoms with Gasteiger partial charge in [0.1, 0.15) is 0 Å². The molecule has 1 aliphatic heterocycles. The van der Waals surface area contributed by atoms with Gasteiger partial charge in [-0.25, -0.2) is 0 Å². The van der Waals surface area contributed by atoms with E-state index >= 15 is 0 Å². The van der Waals surface area contributed by atoms with Crippen molar-refractivity contribution in [3.8, 4) is 0 Å². The van der Waals surface area contributed by atoms with Crippen molar-refractivity contribution in [1.29, 1.82) is 0 Å². The molecule has 1 aliphatic rings. The van der Waals surface area contributed by atoms with Gasteiger partial charge in [-0.05, 0) is 12.8 Å². The van der Waals surface area contributed by atoms with Gasteiger partial charge < -0.3 is 0 Å². The van der Waals surface area contributed by atoms with Gasteiger partial charge in [0, 0.05) is 17.7 Å². The fraction of sp³-hybridized carbons (Fsp3) is 0.875. The Morgan fingerprint density at radius 3 is 2.22 bits per heavy atom. The number of rotatable bonds is 0. The number of nitrogens with zero attached hydrogens (tertiary/aromatic N) is 1. The third kappa shape index (κ3) is 0.887. The molecule has 9 heavy (non-hydrogen) atoms. The lowest BCUT2D eigenvalue weighted by atomic mass is 9.79. The fourth-order valence-corrected chi connectivity index (χ4v) is 1.06. The van der Waals surface area contributed by atoms with Crippen LogP contribution in [0, 0.1) is 11.3 Å². The van der Waals surface area contributed by atoms with Crippen LogP contribution in [0.15, 0.2) is 4.99 Å². The summed E-state index contributed by atoms with van der Waals surface area (Å²) in [6.07, 6.45) is 0. The topological polar surface area (TPSA) is 12.4 Å². The molecule has 1 atom stereocenters. The molecule has 0 bridgehead atoms. The summed E-state index contributed by atoms with van der Waals surface area (Å²) in [4.78, 5) is 4.39. The van der Waals surface area contributed by atoms with E-state index in [9.17, 15) is 0 Å². The van der Waals surface area contributed by atoms with Crippen molar-refractivity contribution < 1.29 is 0 Å². The molecule has 0 fully saturated rings. The second-order valence-corrected chi connectivity index (χ2v) is 3.55. The van der Waals surface area contributed by atoms with Crippen molar-refractivity contribution in [2.45, 2.75) is 27.7 Å². The second kappa shape index (κ2) is 1.83. The highest BCUT2D eigenvalue weighted by atomic mass is 14.8. The van der Waals surface area contributed by atoms with Crippen molar-refractivity contribution in [2.75, 3.05) is 6.54 Å². The molecule has 52 valence electrons. The minimum Gasteiger partial charge on any atom is -0.294 e. The quantitative estimate of drug-likeness (QED) is 0.470. The Bertz CT molecular complexity index is 145. The van der Waals surface area contributed by atoms with Crippen molar-refractivity contribution in [3.63, 3.8) is 0 Å². The van der Waals surface area contributed by atoms with Gasteiger partial charge in [0.05, 0.1) is 0 Å². The van der Waals surface area contributed by atoms with Crippen LogP contribution in [0.4, 0.5) is 0 Å². The lowest BCUT2D eigenvalue weighted by Crippen LogP contribution is -2.24. The van der Waals surface area contributed by atoms with Gasteiger partial charge in [0.2, 0.25) is 0 Å². The molecule has 0 saturated carbocycles. The molecule has 0 spiro atoms. The van der Waals surface area contributed by atoms with E-state index in [2.05, 4.69) is 32.7 Å². The van der Waals surface area contributed by atoms with Crippen molar-refractivity contribution in [3.05, 3.63) is 0 Å². The van der Waals surface area contributed by atoms with Gasteiger partial charge in [-0.1, -0.05) is 20.8 Å². The molecule has 1 nitrogen and oxygen atoms in total. The molecule has 0 aromatic rings. The van der Waals surface area contributed by atoms with E-state index in [4.69, 9.17) is 0 Å². The van der Waals surface area contributed by atoms with Gasteiger partial charge in [-0.3, -0.25) is 4.99 Å². The van der Waals surface area contributed by atoms with Crippen LogP contribution >= 0.6 is 0 Å². The molecule has 0 aliphatic carbocycles. The third-order valence-corrected chi connectivity index (χ3v) is 2.77. The lowest BCUT2D eigenvalue weighted by Gasteiger charge is -2.23. The molecular formula is C8H15N. The Kier molecular flexibility index (Phi) is 1.38. The Hall–Kier alpha value is -0.330. The van der Waals surface area contributed by atoms with Crippen LogP contribution in [0.5, 0.6) is 0 Å². The van der Waals surface area contributed by atoms with E-state index in [0.717, 1.165) is 12.5 Å². The fourth-order valence-electron chi connectivity index (χ4n) is 1.06. The number of aliphatic imine (C=N–C) groups is 1. The first-order chi connectivity index (χ1) is 4.05. The van der Waals surface area contributed by atoms with E-state index in [1.807, 2.05) is 0 Å². The van der Waals surface area contributed by atoms with E-state index in [-0.39, 0.29) is 0 Å². The molecule has 0 saturated heterocycles. The van der Waals surface area contributed by atoms with Crippen LogP contribution in [0.25, 0.3) is 0 Å². The molecule has 1 heteroatoms. The summed E-state index contributed by atoms with van der Waals surface area (Å²) in [5, 5.41) is 0. The van der Waals surface area contributed by atoms with Gasteiger partial charge in [0.25, 0.3) is 0 Å². The van der Waals surface area contributed by atoms with E-state index in [0.29, 0.717) is 5.41 Å². The predicted octanol–water partition coefficient (Wildman–Crippen LogP) is 2.12. The summed E-state index contributed by atoms with van der Waals surface area (Å²) in [6.45, 7) is 9.95. The number of hydrogen-bond acceptors (Lipinski definition) is 1. The van der Waals surface area contributed by atoms with Crippen LogP contribution in [-0.4, -0.2) is 12.3 Å². The zero-order valence-electron chi connectivity index (χ0n) is 6.73. The summed E-state index contributed by atoms with van der Waals surface area (Å²) in [5.41, 5.74) is 1.68. The molecular weight excluding hydrogens is 110 g/mol. The third-order valence-electron chi connectivity index (χ3n) is 2.77. The molecule has 0 aromatic carbocycles. The van der Waals surface area contributed by atoms with Gasteiger partial charge in [0.15, 0.2) is 0 Å². The van der Waals surface area contributed by atoms with E-state index in [1.165, 1.54) is 5.71 Å². The standard InChI is InChI=1S/C8H15N/c1-6-5-9-7(2)8(6,3)4/h6H,5H2,1-4H3. The smallest absolute Gasteiger partial charge is 0.0423 e. The summed E-state index contributed by atoms with van der Waals surface area (Å²) in [6, 6.07) is 0. The molecule has 1 unspecified atom stereocenters. The minimum atomic E-state index is 0.361. The first-order valence-corrected chi connectivity index (χ1v) is 3.56. The van der Waals surface area contributed by atoms with E-state index in [1.54, 1.807) is 0 Å². The van der Waals surface area contributed by atoms with Crippen LogP contribution in [-0.2, 0) is 0 Å². The molecule has 1 heterocycles. The van der Waals surface area contributed by atoms with Crippen LogP contribution in [0.2, 0.25) is 0 Å². The van der Waals surface area contributed by atoms with Gasteiger partial charge in [-0.2, -0.15) is 0 Å². The molecule has 0 N–H and O–H groups in total. The van der Waals surface area contributed by atoms with Crippen LogP contribution in [0.3, 0.4) is 0 Å². The van der Waals surface area contributed by atoms with Crippen molar-refractivity contribution >= 4 is 5.71 Å². The van der Waals surface area contributed by atoms with Gasteiger partial charge >= 0.3 is 0 Å². The maximum absolute atomic E-state index is 4.39. The van der Waals surface area contributed by atoms with Crippen LogP contribution in [0.1, 0.15) is 27.7 Å². The first-order valence-electron chi connectivity index (χ1n) is 3.56. The van der Waals surface area contributed by atoms with Crippen molar-refractivity contribution in [2.24, 2.45) is 16.3 Å². The first kappa shape index (κ1) is 6.79. The zero-order chi connectivity index (χ0) is 7.07. The zero-order valence-corrected chi connectivity index (χ0v) is 6.73. The average molecular weight is 125 g/mol. The monoisotopic (exact) mass is 125 g/mol. The summed E-state index contributed by atoms with van der Waals surface area (Å²) >= 11 is 0. The molecule has 0 aromatic heterocycles.